The van der Waals surface area contributed by atoms with Gasteiger partial charge >= 0.3 is 0 Å². The second-order valence-electron chi connectivity index (χ2n) is 6.99. The monoisotopic (exact) mass is 380 g/mol. The molecular weight excluding hydrogens is 356 g/mol. The molecule has 142 valence electrons. The van der Waals surface area contributed by atoms with Crippen molar-refractivity contribution in [1.82, 2.24) is 5.32 Å². The Hall–Kier alpha value is -1.97. The number of benzene rings is 1. The predicted molar refractivity (Wildman–Crippen MR) is 96.6 cm³/mol. The first kappa shape index (κ1) is 18.8. The summed E-state index contributed by atoms with van der Waals surface area (Å²) in [5, 5.41) is 8.18. The van der Waals surface area contributed by atoms with E-state index in [0.717, 1.165) is 19.3 Å². The molecule has 1 heterocycles. The number of hydrogen-bond acceptors (Lipinski definition) is 5. The summed E-state index contributed by atoms with van der Waals surface area (Å²) >= 11 is 0. The zero-order valence-electron chi connectivity index (χ0n) is 14.4. The van der Waals surface area contributed by atoms with Crippen molar-refractivity contribution in [3.63, 3.8) is 0 Å². The van der Waals surface area contributed by atoms with Crippen LogP contribution in [-0.4, -0.2) is 39.4 Å². The van der Waals surface area contributed by atoms with Crippen LogP contribution in [0.2, 0.25) is 0 Å². The Labute approximate surface area is 153 Å². The van der Waals surface area contributed by atoms with E-state index in [0.29, 0.717) is 18.2 Å². The van der Waals surface area contributed by atoms with Gasteiger partial charge in [0.15, 0.2) is 0 Å². The van der Waals surface area contributed by atoms with Crippen molar-refractivity contribution in [3.05, 3.63) is 24.3 Å². The van der Waals surface area contributed by atoms with E-state index >= 15 is 0 Å². The highest BCUT2D eigenvalue weighted by Gasteiger charge is 2.37. The van der Waals surface area contributed by atoms with E-state index < -0.39 is 15.9 Å². The topological polar surface area (TPSA) is 136 Å². The summed E-state index contributed by atoms with van der Waals surface area (Å²) in [5.41, 5.74) is 6.18. The standard InChI is InChI=1S/C17H24N4O4S/c18-9-11-3-1-6-15(11)20-17(23)12-7-16(22)21(10-12)13-4-2-5-14(8-13)26(19,24)25/h2,4-5,8,11-12,15H,1,3,6-7,9-10,18H2,(H,20,23)(H2,19,24,25). The Kier molecular flexibility index (Phi) is 5.31. The zero-order valence-corrected chi connectivity index (χ0v) is 15.2. The van der Waals surface area contributed by atoms with Crippen LogP contribution in [0.4, 0.5) is 5.69 Å². The number of amides is 2. The fourth-order valence-electron chi connectivity index (χ4n) is 3.77. The lowest BCUT2D eigenvalue weighted by Crippen LogP contribution is -2.43. The molecular formula is C17H24N4O4S. The number of rotatable bonds is 5. The van der Waals surface area contributed by atoms with Crippen LogP contribution in [0, 0.1) is 11.8 Å². The van der Waals surface area contributed by atoms with Crippen LogP contribution in [0.1, 0.15) is 25.7 Å². The maximum atomic E-state index is 12.6. The van der Waals surface area contributed by atoms with E-state index in [1.54, 1.807) is 6.07 Å². The normalized spacial score (nSPS) is 26.3. The SMILES string of the molecule is NCC1CCCC1NC(=O)C1CC(=O)N(c2cccc(S(N)(=O)=O)c2)C1. The third-order valence-corrected chi connectivity index (χ3v) is 6.15. The maximum absolute atomic E-state index is 12.6. The van der Waals surface area contributed by atoms with Crippen molar-refractivity contribution in [2.45, 2.75) is 36.6 Å². The van der Waals surface area contributed by atoms with Crippen molar-refractivity contribution < 1.29 is 18.0 Å². The summed E-state index contributed by atoms with van der Waals surface area (Å²) in [7, 11) is -3.86. The number of nitrogens with one attached hydrogen (secondary N) is 1. The fourth-order valence-corrected chi connectivity index (χ4v) is 4.32. The van der Waals surface area contributed by atoms with Crippen LogP contribution >= 0.6 is 0 Å². The summed E-state index contributed by atoms with van der Waals surface area (Å²) < 4.78 is 23.0. The minimum Gasteiger partial charge on any atom is -0.353 e. The lowest BCUT2D eigenvalue weighted by molar-refractivity contribution is -0.127. The Bertz CT molecular complexity index is 811. The van der Waals surface area contributed by atoms with Crippen molar-refractivity contribution in [2.24, 2.45) is 22.7 Å². The van der Waals surface area contributed by atoms with Gasteiger partial charge in [-0.1, -0.05) is 12.5 Å². The molecule has 3 rings (SSSR count). The molecule has 0 aromatic heterocycles. The molecule has 0 bridgehead atoms. The molecule has 9 heteroatoms. The average molecular weight is 380 g/mol. The number of hydrogen-bond donors (Lipinski definition) is 3. The van der Waals surface area contributed by atoms with E-state index in [-0.39, 0.29) is 35.7 Å². The number of anilines is 1. The first-order chi connectivity index (χ1) is 12.3. The Morgan fingerprint density at radius 1 is 1.31 bits per heavy atom. The van der Waals surface area contributed by atoms with Gasteiger partial charge in [-0.2, -0.15) is 0 Å². The van der Waals surface area contributed by atoms with Crippen molar-refractivity contribution in [1.29, 1.82) is 0 Å². The number of sulfonamides is 1. The minimum atomic E-state index is -3.86. The summed E-state index contributed by atoms with van der Waals surface area (Å²) in [5.74, 6) is -0.523. The number of primary sulfonamides is 1. The van der Waals surface area contributed by atoms with Gasteiger partial charge in [0.05, 0.1) is 10.8 Å². The molecule has 3 unspecified atom stereocenters. The first-order valence-electron chi connectivity index (χ1n) is 8.73. The van der Waals surface area contributed by atoms with Gasteiger partial charge in [-0.3, -0.25) is 9.59 Å². The second-order valence-corrected chi connectivity index (χ2v) is 8.55. The van der Waals surface area contributed by atoms with Gasteiger partial charge in [0.25, 0.3) is 0 Å². The highest BCUT2D eigenvalue weighted by Crippen LogP contribution is 2.29. The molecule has 1 aliphatic carbocycles. The number of carbonyl (C=O) groups excluding carboxylic acids is 2. The van der Waals surface area contributed by atoms with E-state index in [9.17, 15) is 18.0 Å². The molecule has 2 fully saturated rings. The third-order valence-electron chi connectivity index (χ3n) is 5.24. The van der Waals surface area contributed by atoms with Gasteiger partial charge in [0, 0.05) is 24.7 Å². The number of carbonyl (C=O) groups is 2. The van der Waals surface area contributed by atoms with Crippen molar-refractivity contribution in [3.8, 4) is 0 Å². The molecule has 0 radical (unpaired) electrons. The second kappa shape index (κ2) is 7.34. The molecule has 1 saturated heterocycles. The zero-order chi connectivity index (χ0) is 18.9. The molecule has 0 spiro atoms. The van der Waals surface area contributed by atoms with Crippen molar-refractivity contribution in [2.75, 3.05) is 18.0 Å². The molecule has 5 N–H and O–H groups in total. The van der Waals surface area contributed by atoms with Crippen LogP contribution in [0.15, 0.2) is 29.2 Å². The van der Waals surface area contributed by atoms with Gasteiger partial charge in [-0.25, -0.2) is 13.6 Å². The molecule has 1 aliphatic heterocycles. The molecule has 26 heavy (non-hydrogen) atoms. The predicted octanol–water partition coefficient (Wildman–Crippen LogP) is -0.0695. The molecule has 2 amide bonds. The van der Waals surface area contributed by atoms with Crippen LogP contribution in [-0.2, 0) is 19.6 Å². The minimum absolute atomic E-state index is 0.0626. The quantitative estimate of drug-likeness (QED) is 0.657. The van der Waals surface area contributed by atoms with Gasteiger partial charge in [0.1, 0.15) is 0 Å². The lowest BCUT2D eigenvalue weighted by Gasteiger charge is -2.22. The summed E-state index contributed by atoms with van der Waals surface area (Å²) in [6.07, 6.45) is 3.07. The van der Waals surface area contributed by atoms with Gasteiger partial charge in [0.2, 0.25) is 21.8 Å². The van der Waals surface area contributed by atoms with Crippen LogP contribution in [0.5, 0.6) is 0 Å². The van der Waals surface area contributed by atoms with Crippen LogP contribution < -0.4 is 21.1 Å². The van der Waals surface area contributed by atoms with Crippen LogP contribution in [0.3, 0.4) is 0 Å². The average Bonchev–Trinajstić information content (AvgIpc) is 3.20. The third kappa shape index (κ3) is 3.89. The number of nitrogens with zero attached hydrogens (tertiary/aromatic N) is 1. The summed E-state index contributed by atoms with van der Waals surface area (Å²) in [6.45, 7) is 0.764. The number of nitrogens with two attached hydrogens (primary N) is 2. The fraction of sp³-hybridized carbons (Fsp3) is 0.529. The largest absolute Gasteiger partial charge is 0.353 e. The molecule has 2 aliphatic rings. The molecule has 1 saturated carbocycles. The maximum Gasteiger partial charge on any atom is 0.238 e. The Balaban J connectivity index is 1.70. The summed E-state index contributed by atoms with van der Waals surface area (Å²) in [4.78, 5) is 26.3. The smallest absolute Gasteiger partial charge is 0.238 e. The summed E-state index contributed by atoms with van der Waals surface area (Å²) in [6, 6.07) is 5.96. The molecule has 1 aromatic rings. The van der Waals surface area contributed by atoms with E-state index in [4.69, 9.17) is 10.9 Å². The Morgan fingerprint density at radius 2 is 2.08 bits per heavy atom. The van der Waals surface area contributed by atoms with Crippen molar-refractivity contribution >= 4 is 27.5 Å². The molecule has 3 atom stereocenters. The Morgan fingerprint density at radius 3 is 2.77 bits per heavy atom. The van der Waals surface area contributed by atoms with Crippen LogP contribution in [0.25, 0.3) is 0 Å². The van der Waals surface area contributed by atoms with E-state index in [1.165, 1.54) is 23.1 Å². The highest BCUT2D eigenvalue weighted by molar-refractivity contribution is 7.89. The lowest BCUT2D eigenvalue weighted by atomic mass is 10.0. The molecule has 1 aromatic carbocycles. The van der Waals surface area contributed by atoms with E-state index in [2.05, 4.69) is 5.32 Å². The van der Waals surface area contributed by atoms with Gasteiger partial charge in [-0.05, 0) is 43.5 Å². The first-order valence-corrected chi connectivity index (χ1v) is 10.3. The highest BCUT2D eigenvalue weighted by atomic mass is 32.2. The molecule has 8 nitrogen and oxygen atoms in total. The van der Waals surface area contributed by atoms with Gasteiger partial charge < -0.3 is 16.0 Å². The van der Waals surface area contributed by atoms with E-state index in [1.807, 2.05) is 0 Å². The van der Waals surface area contributed by atoms with Gasteiger partial charge in [-0.15, -0.1) is 0 Å².